The third-order valence-corrected chi connectivity index (χ3v) is 2.75. The van der Waals surface area contributed by atoms with E-state index in [1.165, 1.54) is 6.39 Å². The molecular formula is C10H13N3OS. The van der Waals surface area contributed by atoms with Gasteiger partial charge in [-0.3, -0.25) is 4.98 Å². The second-order valence-electron chi connectivity index (χ2n) is 3.53. The SMILES string of the molecule is CC(C)NCc1ncoc1-c1cncs1. The van der Waals surface area contributed by atoms with Crippen molar-refractivity contribution in [2.75, 3.05) is 0 Å². The molecule has 2 rings (SSSR count). The zero-order valence-electron chi connectivity index (χ0n) is 8.73. The summed E-state index contributed by atoms with van der Waals surface area (Å²) < 4.78 is 5.36. The smallest absolute Gasteiger partial charge is 0.181 e. The first-order valence-corrected chi connectivity index (χ1v) is 5.70. The largest absolute Gasteiger partial charge is 0.442 e. The van der Waals surface area contributed by atoms with Gasteiger partial charge in [0.2, 0.25) is 0 Å². The van der Waals surface area contributed by atoms with Crippen molar-refractivity contribution in [3.05, 3.63) is 23.8 Å². The van der Waals surface area contributed by atoms with Crippen LogP contribution in [0.5, 0.6) is 0 Å². The van der Waals surface area contributed by atoms with Gasteiger partial charge in [0, 0.05) is 18.8 Å². The highest BCUT2D eigenvalue weighted by molar-refractivity contribution is 7.13. The number of oxazole rings is 1. The number of nitrogens with zero attached hydrogens (tertiary/aromatic N) is 2. The summed E-state index contributed by atoms with van der Waals surface area (Å²) in [6.45, 7) is 4.93. The summed E-state index contributed by atoms with van der Waals surface area (Å²) in [7, 11) is 0. The summed E-state index contributed by atoms with van der Waals surface area (Å²) in [4.78, 5) is 9.24. The van der Waals surface area contributed by atoms with E-state index in [9.17, 15) is 0 Å². The average Bonchev–Trinajstić information content (AvgIpc) is 2.85. The van der Waals surface area contributed by atoms with Crippen molar-refractivity contribution in [2.45, 2.75) is 26.4 Å². The van der Waals surface area contributed by atoms with Crippen LogP contribution in [0.2, 0.25) is 0 Å². The van der Waals surface area contributed by atoms with Crippen LogP contribution in [0.25, 0.3) is 10.6 Å². The van der Waals surface area contributed by atoms with Crippen molar-refractivity contribution in [1.82, 2.24) is 15.3 Å². The monoisotopic (exact) mass is 223 g/mol. The molecule has 2 aromatic heterocycles. The van der Waals surface area contributed by atoms with Crippen LogP contribution in [0.4, 0.5) is 0 Å². The van der Waals surface area contributed by atoms with Gasteiger partial charge in [-0.2, -0.15) is 0 Å². The van der Waals surface area contributed by atoms with Gasteiger partial charge < -0.3 is 9.73 Å². The maximum Gasteiger partial charge on any atom is 0.181 e. The van der Waals surface area contributed by atoms with Crippen LogP contribution in [-0.4, -0.2) is 16.0 Å². The lowest BCUT2D eigenvalue weighted by atomic mass is 10.3. The predicted octanol–water partition coefficient (Wildman–Crippen LogP) is 2.30. The van der Waals surface area contributed by atoms with E-state index < -0.39 is 0 Å². The Morgan fingerprint density at radius 2 is 2.40 bits per heavy atom. The van der Waals surface area contributed by atoms with E-state index in [4.69, 9.17) is 4.42 Å². The number of hydrogen-bond acceptors (Lipinski definition) is 5. The van der Waals surface area contributed by atoms with Crippen molar-refractivity contribution >= 4 is 11.3 Å². The van der Waals surface area contributed by atoms with E-state index >= 15 is 0 Å². The van der Waals surface area contributed by atoms with E-state index in [0.29, 0.717) is 6.04 Å². The second-order valence-corrected chi connectivity index (χ2v) is 4.42. The molecule has 0 aliphatic carbocycles. The summed E-state index contributed by atoms with van der Waals surface area (Å²) in [6, 6.07) is 0.441. The van der Waals surface area contributed by atoms with Gasteiger partial charge in [-0.25, -0.2) is 4.98 Å². The van der Waals surface area contributed by atoms with Crippen LogP contribution in [-0.2, 0) is 6.54 Å². The quantitative estimate of drug-likeness (QED) is 0.864. The number of thiazole rings is 1. The molecule has 4 nitrogen and oxygen atoms in total. The molecule has 0 aliphatic heterocycles. The predicted molar refractivity (Wildman–Crippen MR) is 59.6 cm³/mol. The normalized spacial score (nSPS) is 11.1. The van der Waals surface area contributed by atoms with Crippen LogP contribution in [0.15, 0.2) is 22.5 Å². The van der Waals surface area contributed by atoms with Crippen LogP contribution < -0.4 is 5.32 Å². The van der Waals surface area contributed by atoms with Crippen molar-refractivity contribution in [3.63, 3.8) is 0 Å². The Morgan fingerprint density at radius 1 is 1.53 bits per heavy atom. The molecule has 2 aromatic rings. The Hall–Kier alpha value is -1.20. The first-order valence-electron chi connectivity index (χ1n) is 4.82. The van der Waals surface area contributed by atoms with Gasteiger partial charge in [0.05, 0.1) is 10.4 Å². The van der Waals surface area contributed by atoms with Crippen molar-refractivity contribution in [1.29, 1.82) is 0 Å². The van der Waals surface area contributed by atoms with E-state index in [-0.39, 0.29) is 0 Å². The number of nitrogens with one attached hydrogen (secondary N) is 1. The maximum absolute atomic E-state index is 5.36. The Kier molecular flexibility index (Phi) is 3.13. The Bertz CT molecular complexity index is 408. The molecule has 15 heavy (non-hydrogen) atoms. The molecule has 0 fully saturated rings. The minimum atomic E-state index is 0.441. The average molecular weight is 223 g/mol. The fourth-order valence-electron chi connectivity index (χ4n) is 1.22. The fourth-order valence-corrected chi connectivity index (χ4v) is 1.85. The second kappa shape index (κ2) is 4.55. The molecule has 0 spiro atoms. The molecule has 5 heteroatoms. The number of hydrogen-bond donors (Lipinski definition) is 1. The fraction of sp³-hybridized carbons (Fsp3) is 0.400. The highest BCUT2D eigenvalue weighted by Gasteiger charge is 2.11. The Labute approximate surface area is 92.4 Å². The summed E-state index contributed by atoms with van der Waals surface area (Å²) in [6.07, 6.45) is 3.27. The van der Waals surface area contributed by atoms with Gasteiger partial charge in [-0.05, 0) is 0 Å². The van der Waals surface area contributed by atoms with Crippen LogP contribution in [0.1, 0.15) is 19.5 Å². The van der Waals surface area contributed by atoms with Crippen molar-refractivity contribution < 1.29 is 4.42 Å². The summed E-state index contributed by atoms with van der Waals surface area (Å²) in [5, 5.41) is 3.31. The number of rotatable bonds is 4. The molecule has 0 amide bonds. The first-order chi connectivity index (χ1) is 7.27. The van der Waals surface area contributed by atoms with Crippen LogP contribution in [0.3, 0.4) is 0 Å². The lowest BCUT2D eigenvalue weighted by molar-refractivity contribution is 0.564. The molecule has 1 N–H and O–H groups in total. The molecule has 0 aliphatic rings. The third-order valence-electron chi connectivity index (χ3n) is 1.98. The third kappa shape index (κ3) is 2.43. The summed E-state index contributed by atoms with van der Waals surface area (Å²) >= 11 is 1.56. The molecule has 80 valence electrons. The summed E-state index contributed by atoms with van der Waals surface area (Å²) in [5.74, 6) is 0.825. The maximum atomic E-state index is 5.36. The molecule has 0 saturated carbocycles. The minimum Gasteiger partial charge on any atom is -0.442 e. The lowest BCUT2D eigenvalue weighted by Crippen LogP contribution is -2.22. The molecule has 0 atom stereocenters. The molecular weight excluding hydrogens is 210 g/mol. The van der Waals surface area contributed by atoms with Gasteiger partial charge in [0.15, 0.2) is 12.2 Å². The van der Waals surface area contributed by atoms with E-state index in [1.54, 1.807) is 23.0 Å². The highest BCUT2D eigenvalue weighted by atomic mass is 32.1. The lowest BCUT2D eigenvalue weighted by Gasteiger charge is -2.05. The van der Waals surface area contributed by atoms with Gasteiger partial charge >= 0.3 is 0 Å². The highest BCUT2D eigenvalue weighted by Crippen LogP contribution is 2.26. The van der Waals surface area contributed by atoms with E-state index in [2.05, 4.69) is 29.1 Å². The summed E-state index contributed by atoms with van der Waals surface area (Å²) in [5.41, 5.74) is 2.73. The van der Waals surface area contributed by atoms with E-state index in [0.717, 1.165) is 22.9 Å². The molecule has 2 heterocycles. The zero-order chi connectivity index (χ0) is 10.7. The number of aromatic nitrogens is 2. The molecule has 0 aromatic carbocycles. The van der Waals surface area contributed by atoms with Crippen LogP contribution >= 0.6 is 11.3 Å². The Morgan fingerprint density at radius 3 is 3.07 bits per heavy atom. The van der Waals surface area contributed by atoms with Gasteiger partial charge in [0.25, 0.3) is 0 Å². The van der Waals surface area contributed by atoms with Crippen molar-refractivity contribution in [3.8, 4) is 10.6 Å². The van der Waals surface area contributed by atoms with Crippen LogP contribution in [0, 0.1) is 0 Å². The topological polar surface area (TPSA) is 51.0 Å². The zero-order valence-corrected chi connectivity index (χ0v) is 9.54. The van der Waals surface area contributed by atoms with Gasteiger partial charge in [0.1, 0.15) is 5.69 Å². The van der Waals surface area contributed by atoms with E-state index in [1.807, 2.05) is 0 Å². The Balaban J connectivity index is 2.16. The molecule has 0 unspecified atom stereocenters. The molecule has 0 saturated heterocycles. The van der Waals surface area contributed by atoms with Crippen molar-refractivity contribution in [2.24, 2.45) is 0 Å². The molecule has 0 bridgehead atoms. The standard InChI is InChI=1S/C10H13N3OS/c1-7(2)12-3-8-10(14-5-13-8)9-4-11-6-15-9/h4-7,12H,3H2,1-2H3. The van der Waals surface area contributed by atoms with Gasteiger partial charge in [-0.1, -0.05) is 13.8 Å². The molecule has 0 radical (unpaired) electrons. The minimum absolute atomic E-state index is 0.441. The van der Waals surface area contributed by atoms with Gasteiger partial charge in [-0.15, -0.1) is 11.3 Å². The first kappa shape index (κ1) is 10.3.